The predicted octanol–water partition coefficient (Wildman–Crippen LogP) is 7.01. The van der Waals surface area contributed by atoms with Gasteiger partial charge in [-0.3, -0.25) is 0 Å². The van der Waals surface area contributed by atoms with Gasteiger partial charge in [-0.1, -0.05) is 77.3 Å². The molecular formula is C39H42Cl3N3O6. The number of benzene rings is 4. The first-order valence-corrected chi connectivity index (χ1v) is 17.9. The summed E-state index contributed by atoms with van der Waals surface area (Å²) in [6.45, 7) is 4.62. The minimum atomic E-state index is -0.922. The van der Waals surface area contributed by atoms with E-state index in [1.54, 1.807) is 37.3 Å². The Morgan fingerprint density at radius 1 is 0.863 bits per heavy atom. The molecule has 0 bridgehead atoms. The van der Waals surface area contributed by atoms with Crippen LogP contribution in [0.4, 0.5) is 0 Å². The molecule has 5 rings (SSSR count). The molecule has 4 aromatic carbocycles. The Hall–Kier alpha value is -3.56. The molecule has 0 radical (unpaired) electrons. The number of nitrogens with one attached hydrogen (secondary N) is 1. The number of aliphatic hydroxyl groups excluding tert-OH is 3. The number of halogens is 3. The van der Waals surface area contributed by atoms with E-state index >= 15 is 0 Å². The van der Waals surface area contributed by atoms with Gasteiger partial charge < -0.3 is 39.7 Å². The van der Waals surface area contributed by atoms with Crippen molar-refractivity contribution in [3.8, 4) is 34.4 Å². The molecule has 0 aliphatic carbocycles. The smallest absolute Gasteiger partial charge is 0.142 e. The van der Waals surface area contributed by atoms with E-state index in [0.717, 1.165) is 42.6 Å². The highest BCUT2D eigenvalue weighted by Crippen LogP contribution is 2.40. The Labute approximate surface area is 313 Å². The van der Waals surface area contributed by atoms with E-state index in [0.29, 0.717) is 62.2 Å². The normalized spacial score (nSPS) is 14.7. The number of hydrogen-bond donors (Lipinski definition) is 4. The average Bonchev–Trinajstić information content (AvgIpc) is 3.57. The lowest BCUT2D eigenvalue weighted by atomic mass is 10.0. The third-order valence-electron chi connectivity index (χ3n) is 8.81. The maximum absolute atomic E-state index is 9.78. The number of β-amino-alcohol motifs (C(OH)–C–C–N with tert-alkyl or cyclic N) is 1. The molecule has 0 unspecified atom stereocenters. The second-order valence-corrected chi connectivity index (χ2v) is 14.0. The van der Waals surface area contributed by atoms with Gasteiger partial charge in [0.25, 0.3) is 0 Å². The van der Waals surface area contributed by atoms with E-state index in [4.69, 9.17) is 49.0 Å². The van der Waals surface area contributed by atoms with Crippen LogP contribution in [0.3, 0.4) is 0 Å². The monoisotopic (exact) mass is 753 g/mol. The van der Waals surface area contributed by atoms with Crippen molar-refractivity contribution in [2.24, 2.45) is 0 Å². The molecule has 12 heteroatoms. The molecule has 270 valence electrons. The Bertz CT molecular complexity index is 1830. The molecule has 51 heavy (non-hydrogen) atoms. The fourth-order valence-electron chi connectivity index (χ4n) is 5.69. The quantitative estimate of drug-likeness (QED) is 0.0843. The first-order valence-electron chi connectivity index (χ1n) is 16.8. The topological polar surface area (TPSA) is 127 Å². The highest BCUT2D eigenvalue weighted by molar-refractivity contribution is 6.37. The van der Waals surface area contributed by atoms with Crippen molar-refractivity contribution in [2.75, 3.05) is 39.5 Å². The Kier molecular flexibility index (Phi) is 13.9. The van der Waals surface area contributed by atoms with Crippen LogP contribution in [0.2, 0.25) is 15.1 Å². The van der Waals surface area contributed by atoms with Gasteiger partial charge in [0.15, 0.2) is 0 Å². The summed E-state index contributed by atoms with van der Waals surface area (Å²) in [6, 6.07) is 23.9. The number of hydrogen-bond acceptors (Lipinski definition) is 9. The summed E-state index contributed by atoms with van der Waals surface area (Å²) in [5.74, 6) is 1.41. The van der Waals surface area contributed by atoms with Crippen LogP contribution in [0.5, 0.6) is 17.2 Å². The SMILES string of the molecule is CC(CO)(CO)NCc1cc(Cl)c(OCc2cccc(-c3cccc(OCCCN4CC[C@@H](O)C4)c3Cl)c2Cl)cc1OCc1cccc(C#N)c1. The lowest BCUT2D eigenvalue weighted by molar-refractivity contribution is 0.103. The maximum atomic E-state index is 9.78. The first kappa shape index (κ1) is 38.7. The molecule has 1 saturated heterocycles. The molecule has 0 saturated carbocycles. The highest BCUT2D eigenvalue weighted by atomic mass is 35.5. The Balaban J connectivity index is 1.31. The molecule has 0 amide bonds. The van der Waals surface area contributed by atoms with E-state index in [2.05, 4.69) is 16.3 Å². The number of rotatable bonds is 17. The van der Waals surface area contributed by atoms with E-state index in [1.807, 2.05) is 42.5 Å². The molecule has 1 fully saturated rings. The third-order valence-corrected chi connectivity index (χ3v) is 9.94. The van der Waals surface area contributed by atoms with E-state index in [-0.39, 0.29) is 39.1 Å². The Morgan fingerprint density at radius 3 is 2.31 bits per heavy atom. The van der Waals surface area contributed by atoms with Crippen molar-refractivity contribution >= 4 is 34.8 Å². The summed E-state index contributed by atoms with van der Waals surface area (Å²) in [4.78, 5) is 2.23. The van der Waals surface area contributed by atoms with Gasteiger partial charge in [-0.05, 0) is 49.6 Å². The summed E-state index contributed by atoms with van der Waals surface area (Å²) < 4.78 is 18.5. The van der Waals surface area contributed by atoms with Crippen molar-refractivity contribution in [1.82, 2.24) is 10.2 Å². The van der Waals surface area contributed by atoms with E-state index in [9.17, 15) is 20.6 Å². The highest BCUT2D eigenvalue weighted by Gasteiger charge is 2.23. The third kappa shape index (κ3) is 10.3. The summed E-state index contributed by atoms with van der Waals surface area (Å²) in [7, 11) is 0. The van der Waals surface area contributed by atoms with Gasteiger partial charge in [0, 0.05) is 54.5 Å². The average molecular weight is 755 g/mol. The molecule has 4 aromatic rings. The van der Waals surface area contributed by atoms with Crippen molar-refractivity contribution < 1.29 is 29.5 Å². The standard InChI is InChI=1S/C39H42Cl3N3O6/c1-39(24-46,25-47)44-20-29-17-33(40)36(18-35(29)50-22-27-7-2-6-26(16-27)19-43)51-23-28-8-3-9-31(37(28)41)32-10-4-11-34(38(32)42)49-15-5-13-45-14-12-30(48)21-45/h2-4,6-11,16-18,30,44,46-48H,5,12-15,20-25H2,1H3/t30-/m1/s1. The summed E-state index contributed by atoms with van der Waals surface area (Å²) >= 11 is 20.5. The van der Waals surface area contributed by atoms with Crippen LogP contribution in [-0.2, 0) is 19.8 Å². The van der Waals surface area contributed by atoms with Crippen molar-refractivity contribution in [3.05, 3.63) is 110 Å². The lowest BCUT2D eigenvalue weighted by Crippen LogP contribution is -2.48. The molecule has 1 aliphatic rings. The molecule has 9 nitrogen and oxygen atoms in total. The van der Waals surface area contributed by atoms with Gasteiger partial charge in [0.05, 0.1) is 58.2 Å². The van der Waals surface area contributed by atoms with Crippen LogP contribution in [0.25, 0.3) is 11.1 Å². The van der Waals surface area contributed by atoms with Gasteiger partial charge >= 0.3 is 0 Å². The van der Waals surface area contributed by atoms with Gasteiger partial charge in [-0.2, -0.15) is 5.26 Å². The van der Waals surface area contributed by atoms with Crippen LogP contribution in [0, 0.1) is 11.3 Å². The predicted molar refractivity (Wildman–Crippen MR) is 200 cm³/mol. The molecular weight excluding hydrogens is 713 g/mol. The van der Waals surface area contributed by atoms with Crippen LogP contribution in [0.1, 0.15) is 42.0 Å². The van der Waals surface area contributed by atoms with Gasteiger partial charge in [-0.25, -0.2) is 0 Å². The summed E-state index contributed by atoms with van der Waals surface area (Å²) in [5.41, 5.74) is 3.26. The maximum Gasteiger partial charge on any atom is 0.142 e. The minimum Gasteiger partial charge on any atom is -0.492 e. The van der Waals surface area contributed by atoms with Crippen LogP contribution in [-0.4, -0.2) is 71.3 Å². The number of nitriles is 1. The largest absolute Gasteiger partial charge is 0.492 e. The van der Waals surface area contributed by atoms with E-state index in [1.165, 1.54) is 0 Å². The number of ether oxygens (including phenoxy) is 3. The van der Waals surface area contributed by atoms with Crippen molar-refractivity contribution in [2.45, 2.75) is 51.2 Å². The zero-order chi connectivity index (χ0) is 36.4. The molecule has 1 heterocycles. The first-order chi connectivity index (χ1) is 24.6. The van der Waals surface area contributed by atoms with Crippen molar-refractivity contribution in [3.63, 3.8) is 0 Å². The summed E-state index contributed by atoms with van der Waals surface area (Å²) in [6.07, 6.45) is 1.38. The number of likely N-dealkylation sites (tertiary alicyclic amines) is 1. The van der Waals surface area contributed by atoms with Crippen LogP contribution >= 0.6 is 34.8 Å². The van der Waals surface area contributed by atoms with Crippen LogP contribution < -0.4 is 19.5 Å². The van der Waals surface area contributed by atoms with E-state index < -0.39 is 5.54 Å². The van der Waals surface area contributed by atoms with Gasteiger partial charge in [-0.15, -0.1) is 0 Å². The number of nitrogens with zero attached hydrogens (tertiary/aromatic N) is 2. The lowest BCUT2D eigenvalue weighted by Gasteiger charge is -2.27. The molecule has 0 aromatic heterocycles. The zero-order valence-electron chi connectivity index (χ0n) is 28.4. The fraction of sp³-hybridized carbons (Fsp3) is 0.359. The van der Waals surface area contributed by atoms with Crippen LogP contribution in [0.15, 0.2) is 72.8 Å². The second kappa shape index (κ2) is 18.3. The second-order valence-electron chi connectivity index (χ2n) is 12.9. The molecule has 1 aliphatic heterocycles. The van der Waals surface area contributed by atoms with Gasteiger partial charge in [0.1, 0.15) is 30.5 Å². The molecule has 4 N–H and O–H groups in total. The fourth-order valence-corrected chi connectivity index (χ4v) is 6.50. The Morgan fingerprint density at radius 2 is 1.59 bits per heavy atom. The number of aliphatic hydroxyl groups is 3. The minimum absolute atomic E-state index is 0.0970. The molecule has 1 atom stereocenters. The summed E-state index contributed by atoms with van der Waals surface area (Å²) in [5, 5.41) is 43.1. The van der Waals surface area contributed by atoms with Gasteiger partial charge in [0.2, 0.25) is 0 Å². The zero-order valence-corrected chi connectivity index (χ0v) is 30.6. The van der Waals surface area contributed by atoms with Crippen molar-refractivity contribution in [1.29, 1.82) is 5.26 Å². The molecule has 0 spiro atoms.